The lowest BCUT2D eigenvalue weighted by Crippen LogP contribution is -2.35. The van der Waals surface area contributed by atoms with Crippen LogP contribution < -0.4 is 5.32 Å². The molecule has 6 heteroatoms. The first-order chi connectivity index (χ1) is 15.0. The van der Waals surface area contributed by atoms with E-state index in [2.05, 4.69) is 10.3 Å². The van der Waals surface area contributed by atoms with Crippen molar-refractivity contribution in [1.82, 2.24) is 15.2 Å². The van der Waals surface area contributed by atoms with Crippen molar-refractivity contribution < 1.29 is 14.0 Å². The molecule has 5 nitrogen and oxygen atoms in total. The molecule has 1 aromatic heterocycles. The van der Waals surface area contributed by atoms with Gasteiger partial charge in [-0.15, -0.1) is 0 Å². The number of benzene rings is 2. The molecule has 2 heterocycles. The monoisotopic (exact) mass is 417 g/mol. The summed E-state index contributed by atoms with van der Waals surface area (Å²) in [6.45, 7) is 2.84. The van der Waals surface area contributed by atoms with E-state index in [4.69, 9.17) is 0 Å². The van der Waals surface area contributed by atoms with Crippen LogP contribution in [-0.4, -0.2) is 34.8 Å². The predicted octanol–water partition coefficient (Wildman–Crippen LogP) is 3.70. The Balaban J connectivity index is 1.57. The number of nitrogens with one attached hydrogen (secondary N) is 1. The topological polar surface area (TPSA) is 62.3 Å². The first-order valence-electron chi connectivity index (χ1n) is 10.3. The second kappa shape index (κ2) is 9.08. The number of rotatable bonds is 5. The number of nitrogens with zero attached hydrogens (tertiary/aromatic N) is 2. The molecule has 1 saturated heterocycles. The number of amides is 2. The highest BCUT2D eigenvalue weighted by Crippen LogP contribution is 2.34. The van der Waals surface area contributed by atoms with Crippen molar-refractivity contribution in [2.75, 3.05) is 13.1 Å². The van der Waals surface area contributed by atoms with Crippen LogP contribution in [0.4, 0.5) is 4.39 Å². The SMILES string of the molecule is Cc1ccccc1C(=O)N1CC(C(=O)NCc2ccccn2)C(c2cccc(F)c2)C1. The summed E-state index contributed by atoms with van der Waals surface area (Å²) < 4.78 is 13.9. The van der Waals surface area contributed by atoms with Gasteiger partial charge in [0.25, 0.3) is 5.91 Å². The van der Waals surface area contributed by atoms with E-state index in [1.807, 2.05) is 49.4 Å². The molecule has 1 aliphatic heterocycles. The maximum Gasteiger partial charge on any atom is 0.254 e. The van der Waals surface area contributed by atoms with Crippen molar-refractivity contribution in [2.45, 2.75) is 19.4 Å². The second-order valence-corrected chi connectivity index (χ2v) is 7.83. The number of pyridine rings is 1. The summed E-state index contributed by atoms with van der Waals surface area (Å²) in [5.74, 6) is -1.39. The van der Waals surface area contributed by atoms with E-state index in [1.54, 1.807) is 23.2 Å². The smallest absolute Gasteiger partial charge is 0.254 e. The molecule has 0 radical (unpaired) electrons. The maximum atomic E-state index is 13.9. The average molecular weight is 417 g/mol. The Bertz CT molecular complexity index is 1090. The maximum absolute atomic E-state index is 13.9. The fourth-order valence-electron chi connectivity index (χ4n) is 4.10. The van der Waals surface area contributed by atoms with Gasteiger partial charge in [0.15, 0.2) is 0 Å². The van der Waals surface area contributed by atoms with Crippen LogP contribution in [0.1, 0.15) is 33.1 Å². The molecule has 31 heavy (non-hydrogen) atoms. The number of hydrogen-bond acceptors (Lipinski definition) is 3. The molecule has 4 rings (SSSR count). The standard InChI is InChI=1S/C25H24FN3O2/c1-17-7-2-3-11-21(17)25(31)29-15-22(18-8-6-9-19(26)13-18)23(16-29)24(30)28-14-20-10-4-5-12-27-20/h2-13,22-23H,14-16H2,1H3,(H,28,30). The van der Waals surface area contributed by atoms with Crippen LogP contribution in [0.3, 0.4) is 0 Å². The number of hydrogen-bond donors (Lipinski definition) is 1. The third kappa shape index (κ3) is 4.63. The molecule has 3 aromatic rings. The lowest BCUT2D eigenvalue weighted by molar-refractivity contribution is -0.125. The van der Waals surface area contributed by atoms with Gasteiger partial charge >= 0.3 is 0 Å². The first kappa shape index (κ1) is 20.7. The van der Waals surface area contributed by atoms with Gasteiger partial charge in [-0.05, 0) is 48.4 Å². The van der Waals surface area contributed by atoms with Crippen molar-refractivity contribution in [2.24, 2.45) is 5.92 Å². The Kier molecular flexibility index (Phi) is 6.07. The lowest BCUT2D eigenvalue weighted by atomic mass is 9.88. The Morgan fingerprint density at radius 3 is 2.61 bits per heavy atom. The highest BCUT2D eigenvalue weighted by Gasteiger charge is 2.40. The van der Waals surface area contributed by atoms with Crippen LogP contribution >= 0.6 is 0 Å². The van der Waals surface area contributed by atoms with Gasteiger partial charge in [0.2, 0.25) is 5.91 Å². The molecule has 1 aliphatic rings. The van der Waals surface area contributed by atoms with E-state index in [1.165, 1.54) is 12.1 Å². The summed E-state index contributed by atoms with van der Waals surface area (Å²) in [4.78, 5) is 32.2. The fraction of sp³-hybridized carbons (Fsp3) is 0.240. The van der Waals surface area contributed by atoms with Crippen LogP contribution in [0.25, 0.3) is 0 Å². The van der Waals surface area contributed by atoms with E-state index < -0.39 is 5.92 Å². The van der Waals surface area contributed by atoms with Gasteiger partial charge in [-0.2, -0.15) is 0 Å². The van der Waals surface area contributed by atoms with Crippen LogP contribution in [0.5, 0.6) is 0 Å². The molecule has 0 spiro atoms. The minimum absolute atomic E-state index is 0.112. The number of carbonyl (C=O) groups excluding carboxylic acids is 2. The largest absolute Gasteiger partial charge is 0.350 e. The Morgan fingerprint density at radius 2 is 1.87 bits per heavy atom. The molecular formula is C25H24FN3O2. The lowest BCUT2D eigenvalue weighted by Gasteiger charge is -2.18. The number of likely N-dealkylation sites (tertiary alicyclic amines) is 1. The zero-order valence-electron chi connectivity index (χ0n) is 17.3. The Labute approximate surface area is 180 Å². The molecular weight excluding hydrogens is 393 g/mol. The van der Waals surface area contributed by atoms with E-state index in [9.17, 15) is 14.0 Å². The first-order valence-corrected chi connectivity index (χ1v) is 10.3. The zero-order chi connectivity index (χ0) is 21.8. The zero-order valence-corrected chi connectivity index (χ0v) is 17.3. The van der Waals surface area contributed by atoms with Gasteiger partial charge in [0.05, 0.1) is 18.2 Å². The summed E-state index contributed by atoms with van der Waals surface area (Å²) in [5, 5.41) is 2.93. The molecule has 2 aromatic carbocycles. The minimum Gasteiger partial charge on any atom is -0.350 e. The third-order valence-corrected chi connectivity index (χ3v) is 5.77. The molecule has 0 saturated carbocycles. The molecule has 158 valence electrons. The van der Waals surface area contributed by atoms with Gasteiger partial charge in [0, 0.05) is 30.8 Å². The van der Waals surface area contributed by atoms with E-state index >= 15 is 0 Å². The molecule has 2 unspecified atom stereocenters. The van der Waals surface area contributed by atoms with Crippen molar-refractivity contribution in [3.05, 3.63) is 101 Å². The highest BCUT2D eigenvalue weighted by atomic mass is 19.1. The number of aromatic nitrogens is 1. The van der Waals surface area contributed by atoms with Crippen molar-refractivity contribution in [3.8, 4) is 0 Å². The minimum atomic E-state index is -0.474. The third-order valence-electron chi connectivity index (χ3n) is 5.77. The molecule has 2 atom stereocenters. The molecule has 0 bridgehead atoms. The normalized spacial score (nSPS) is 18.1. The summed E-state index contributed by atoms with van der Waals surface area (Å²) in [6, 6.07) is 19.2. The second-order valence-electron chi connectivity index (χ2n) is 7.83. The molecule has 1 N–H and O–H groups in total. The summed E-state index contributed by atoms with van der Waals surface area (Å²) in [7, 11) is 0. The van der Waals surface area contributed by atoms with Crippen molar-refractivity contribution >= 4 is 11.8 Å². The summed E-state index contributed by atoms with van der Waals surface area (Å²) in [5.41, 5.74) is 2.98. The van der Waals surface area contributed by atoms with Gasteiger partial charge in [-0.3, -0.25) is 14.6 Å². The quantitative estimate of drug-likeness (QED) is 0.689. The van der Waals surface area contributed by atoms with Gasteiger partial charge in [0.1, 0.15) is 5.82 Å². The van der Waals surface area contributed by atoms with Crippen molar-refractivity contribution in [1.29, 1.82) is 0 Å². The fourth-order valence-corrected chi connectivity index (χ4v) is 4.10. The van der Waals surface area contributed by atoms with Crippen LogP contribution in [0.15, 0.2) is 72.9 Å². The van der Waals surface area contributed by atoms with E-state index in [0.717, 1.165) is 16.8 Å². The van der Waals surface area contributed by atoms with Gasteiger partial charge < -0.3 is 10.2 Å². The Hall–Kier alpha value is -3.54. The molecule has 0 aliphatic carbocycles. The summed E-state index contributed by atoms with van der Waals surface area (Å²) >= 11 is 0. The number of aryl methyl sites for hydroxylation is 1. The highest BCUT2D eigenvalue weighted by molar-refractivity contribution is 5.96. The molecule has 1 fully saturated rings. The summed E-state index contributed by atoms with van der Waals surface area (Å²) in [6.07, 6.45) is 1.68. The van der Waals surface area contributed by atoms with Gasteiger partial charge in [-0.1, -0.05) is 36.4 Å². The molecule has 2 amide bonds. The van der Waals surface area contributed by atoms with Crippen LogP contribution in [0.2, 0.25) is 0 Å². The number of carbonyl (C=O) groups is 2. The van der Waals surface area contributed by atoms with Gasteiger partial charge in [-0.25, -0.2) is 4.39 Å². The Morgan fingerprint density at radius 1 is 1.06 bits per heavy atom. The van der Waals surface area contributed by atoms with E-state index in [-0.39, 0.29) is 30.1 Å². The van der Waals surface area contributed by atoms with Crippen LogP contribution in [0, 0.1) is 18.7 Å². The van der Waals surface area contributed by atoms with E-state index in [0.29, 0.717) is 18.7 Å². The predicted molar refractivity (Wildman–Crippen MR) is 116 cm³/mol. The van der Waals surface area contributed by atoms with Crippen molar-refractivity contribution in [3.63, 3.8) is 0 Å². The van der Waals surface area contributed by atoms with Crippen LogP contribution in [-0.2, 0) is 11.3 Å². The number of halogens is 1. The average Bonchev–Trinajstić information content (AvgIpc) is 3.24.